The third-order valence-corrected chi connectivity index (χ3v) is 4.15. The summed E-state index contributed by atoms with van der Waals surface area (Å²) < 4.78 is 5.87. The zero-order valence-corrected chi connectivity index (χ0v) is 13.2. The molecule has 1 unspecified atom stereocenters. The number of anilines is 1. The molecule has 1 atom stereocenters. The highest BCUT2D eigenvalue weighted by Gasteiger charge is 2.30. The van der Waals surface area contributed by atoms with Crippen LogP contribution in [0.4, 0.5) is 10.5 Å². The molecular formula is C14H17BrN2O4. The van der Waals surface area contributed by atoms with Crippen LogP contribution in [0.15, 0.2) is 22.7 Å². The first-order valence-corrected chi connectivity index (χ1v) is 7.43. The number of nitrogens with one attached hydrogen (secondary N) is 1. The van der Waals surface area contributed by atoms with Crippen LogP contribution in [-0.4, -0.2) is 41.7 Å². The Morgan fingerprint density at radius 3 is 2.95 bits per heavy atom. The van der Waals surface area contributed by atoms with E-state index in [-0.39, 0.29) is 18.5 Å². The van der Waals surface area contributed by atoms with Crippen LogP contribution in [0.1, 0.15) is 19.3 Å². The third-order valence-electron chi connectivity index (χ3n) is 3.46. The summed E-state index contributed by atoms with van der Waals surface area (Å²) in [5.41, 5.74) is 0.598. The van der Waals surface area contributed by atoms with Crippen LogP contribution in [0, 0.1) is 0 Å². The number of halogens is 1. The van der Waals surface area contributed by atoms with E-state index in [9.17, 15) is 9.59 Å². The molecule has 7 heteroatoms. The summed E-state index contributed by atoms with van der Waals surface area (Å²) in [6.07, 6.45) is 1.52. The molecule has 0 saturated carbocycles. The number of rotatable bonds is 4. The molecule has 0 radical (unpaired) electrons. The molecule has 1 heterocycles. The van der Waals surface area contributed by atoms with Gasteiger partial charge in [0.2, 0.25) is 0 Å². The topological polar surface area (TPSA) is 78.9 Å². The molecule has 6 nitrogen and oxygen atoms in total. The van der Waals surface area contributed by atoms with Crippen molar-refractivity contribution in [2.75, 3.05) is 19.0 Å². The van der Waals surface area contributed by atoms with Gasteiger partial charge in [0.15, 0.2) is 0 Å². The van der Waals surface area contributed by atoms with Crippen molar-refractivity contribution < 1.29 is 19.4 Å². The maximum atomic E-state index is 12.3. The summed E-state index contributed by atoms with van der Waals surface area (Å²) in [5, 5.41) is 11.7. The minimum absolute atomic E-state index is 0.0211. The molecule has 0 bridgehead atoms. The molecule has 21 heavy (non-hydrogen) atoms. The van der Waals surface area contributed by atoms with Gasteiger partial charge in [-0.3, -0.25) is 4.79 Å². The molecule has 2 amide bonds. The Kier molecular flexibility index (Phi) is 5.06. The second-order valence-corrected chi connectivity index (χ2v) is 5.72. The van der Waals surface area contributed by atoms with Crippen LogP contribution in [-0.2, 0) is 4.79 Å². The van der Waals surface area contributed by atoms with Crippen molar-refractivity contribution >= 4 is 33.6 Å². The molecular weight excluding hydrogens is 340 g/mol. The number of carbonyl (C=O) groups excluding carboxylic acids is 1. The van der Waals surface area contributed by atoms with E-state index in [0.29, 0.717) is 18.0 Å². The Balaban J connectivity index is 2.08. The first kappa shape index (κ1) is 15.6. The van der Waals surface area contributed by atoms with Crippen molar-refractivity contribution in [3.05, 3.63) is 22.7 Å². The highest BCUT2D eigenvalue weighted by molar-refractivity contribution is 9.10. The SMILES string of the molecule is COc1ccc(Br)c(NC(=O)N2CCCC2CC(=O)O)c1. The van der Waals surface area contributed by atoms with Gasteiger partial charge in [-0.2, -0.15) is 0 Å². The van der Waals surface area contributed by atoms with Crippen LogP contribution in [0.25, 0.3) is 0 Å². The van der Waals surface area contributed by atoms with Gasteiger partial charge in [0.1, 0.15) is 5.75 Å². The van der Waals surface area contributed by atoms with Gasteiger partial charge in [-0.25, -0.2) is 4.79 Å². The number of carboxylic acid groups (broad SMARTS) is 1. The van der Waals surface area contributed by atoms with Gasteiger partial charge in [-0.1, -0.05) is 0 Å². The Morgan fingerprint density at radius 2 is 2.29 bits per heavy atom. The van der Waals surface area contributed by atoms with E-state index in [4.69, 9.17) is 9.84 Å². The van der Waals surface area contributed by atoms with Crippen molar-refractivity contribution in [2.24, 2.45) is 0 Å². The number of benzene rings is 1. The lowest BCUT2D eigenvalue weighted by atomic mass is 10.1. The van der Waals surface area contributed by atoms with Crippen molar-refractivity contribution in [2.45, 2.75) is 25.3 Å². The lowest BCUT2D eigenvalue weighted by molar-refractivity contribution is -0.137. The summed E-state index contributed by atoms with van der Waals surface area (Å²) in [4.78, 5) is 24.7. The third kappa shape index (κ3) is 3.87. The largest absolute Gasteiger partial charge is 0.497 e. The van der Waals surface area contributed by atoms with Crippen LogP contribution >= 0.6 is 15.9 Å². The van der Waals surface area contributed by atoms with Gasteiger partial charge in [-0.05, 0) is 40.9 Å². The van der Waals surface area contributed by atoms with Crippen LogP contribution in [0.3, 0.4) is 0 Å². The monoisotopic (exact) mass is 356 g/mol. The quantitative estimate of drug-likeness (QED) is 0.869. The molecule has 2 rings (SSSR count). The maximum Gasteiger partial charge on any atom is 0.322 e. The molecule has 1 aliphatic heterocycles. The van der Waals surface area contributed by atoms with Gasteiger partial charge in [0, 0.05) is 23.1 Å². The maximum absolute atomic E-state index is 12.3. The number of nitrogens with zero attached hydrogens (tertiary/aromatic N) is 1. The van der Waals surface area contributed by atoms with Gasteiger partial charge in [-0.15, -0.1) is 0 Å². The number of ether oxygens (including phenoxy) is 1. The van der Waals surface area contributed by atoms with E-state index >= 15 is 0 Å². The molecule has 0 aliphatic carbocycles. The van der Waals surface area contributed by atoms with Gasteiger partial charge in [0.25, 0.3) is 0 Å². The van der Waals surface area contributed by atoms with Crippen molar-refractivity contribution in [3.63, 3.8) is 0 Å². The van der Waals surface area contributed by atoms with Crippen molar-refractivity contribution in [1.29, 1.82) is 0 Å². The Labute approximate surface area is 131 Å². The predicted molar refractivity (Wildman–Crippen MR) is 81.7 cm³/mol. The van der Waals surface area contributed by atoms with Crippen LogP contribution in [0.5, 0.6) is 5.75 Å². The van der Waals surface area contributed by atoms with E-state index in [1.807, 2.05) is 0 Å². The van der Waals surface area contributed by atoms with E-state index in [2.05, 4.69) is 21.2 Å². The number of hydrogen-bond donors (Lipinski definition) is 2. The molecule has 1 saturated heterocycles. The number of methoxy groups -OCH3 is 1. The summed E-state index contributed by atoms with van der Waals surface area (Å²) in [6, 6.07) is 4.75. The molecule has 2 N–H and O–H groups in total. The van der Waals surface area contributed by atoms with Crippen molar-refractivity contribution in [1.82, 2.24) is 4.90 Å². The van der Waals surface area contributed by atoms with E-state index in [1.54, 1.807) is 30.2 Å². The smallest absolute Gasteiger partial charge is 0.322 e. The number of hydrogen-bond acceptors (Lipinski definition) is 3. The normalized spacial score (nSPS) is 17.6. The number of amides is 2. The molecule has 1 aromatic rings. The lowest BCUT2D eigenvalue weighted by Crippen LogP contribution is -2.39. The standard InChI is InChI=1S/C14H17BrN2O4/c1-21-10-4-5-11(15)12(8-10)16-14(20)17-6-2-3-9(17)7-13(18)19/h4-5,8-9H,2-3,6-7H2,1H3,(H,16,20)(H,18,19). The van der Waals surface area contributed by atoms with E-state index < -0.39 is 5.97 Å². The first-order chi connectivity index (χ1) is 10.0. The van der Waals surface area contributed by atoms with Crippen molar-refractivity contribution in [3.8, 4) is 5.75 Å². The number of carboxylic acids is 1. The average Bonchev–Trinajstić information content (AvgIpc) is 2.88. The zero-order chi connectivity index (χ0) is 15.4. The molecule has 114 valence electrons. The summed E-state index contributed by atoms with van der Waals surface area (Å²) in [5.74, 6) is -0.251. The van der Waals surface area contributed by atoms with E-state index in [0.717, 1.165) is 17.3 Å². The summed E-state index contributed by atoms with van der Waals surface area (Å²) >= 11 is 3.37. The summed E-state index contributed by atoms with van der Waals surface area (Å²) in [7, 11) is 1.55. The second-order valence-electron chi connectivity index (χ2n) is 4.86. The fourth-order valence-electron chi connectivity index (χ4n) is 2.43. The fourth-order valence-corrected chi connectivity index (χ4v) is 2.78. The second kappa shape index (κ2) is 6.80. The number of likely N-dealkylation sites (tertiary alicyclic amines) is 1. The molecule has 1 aliphatic rings. The van der Waals surface area contributed by atoms with Gasteiger partial charge in [0.05, 0.1) is 19.2 Å². The Morgan fingerprint density at radius 1 is 1.52 bits per heavy atom. The Hall–Kier alpha value is -1.76. The number of aliphatic carboxylic acids is 1. The minimum Gasteiger partial charge on any atom is -0.497 e. The van der Waals surface area contributed by atoms with Gasteiger partial charge < -0.3 is 20.1 Å². The lowest BCUT2D eigenvalue weighted by Gasteiger charge is -2.24. The average molecular weight is 357 g/mol. The minimum atomic E-state index is -0.887. The fraction of sp³-hybridized carbons (Fsp3) is 0.429. The molecule has 1 aromatic carbocycles. The Bertz CT molecular complexity index is 550. The highest BCUT2D eigenvalue weighted by atomic mass is 79.9. The van der Waals surface area contributed by atoms with Gasteiger partial charge >= 0.3 is 12.0 Å². The van der Waals surface area contributed by atoms with Crippen LogP contribution in [0.2, 0.25) is 0 Å². The zero-order valence-electron chi connectivity index (χ0n) is 11.6. The molecule has 1 fully saturated rings. The first-order valence-electron chi connectivity index (χ1n) is 6.64. The van der Waals surface area contributed by atoms with E-state index in [1.165, 1.54) is 0 Å². The number of urea groups is 1. The predicted octanol–water partition coefficient (Wildman–Crippen LogP) is 2.93. The highest BCUT2D eigenvalue weighted by Crippen LogP contribution is 2.28. The number of carbonyl (C=O) groups is 2. The van der Waals surface area contributed by atoms with Crippen LogP contribution < -0.4 is 10.1 Å². The summed E-state index contributed by atoms with van der Waals surface area (Å²) in [6.45, 7) is 0.575. The molecule has 0 spiro atoms. The molecule has 0 aromatic heterocycles.